The van der Waals surface area contributed by atoms with Crippen molar-refractivity contribution in [1.29, 1.82) is 0 Å². The van der Waals surface area contributed by atoms with Crippen molar-refractivity contribution in [3.8, 4) is 11.1 Å². The lowest BCUT2D eigenvalue weighted by atomic mass is 10.1. The average molecular weight is 266 g/mol. The number of nitrogens with one attached hydrogen (secondary N) is 2. The van der Waals surface area contributed by atoms with E-state index in [0.717, 1.165) is 22.5 Å². The Balaban J connectivity index is 1.82. The number of aromatic nitrogens is 5. The van der Waals surface area contributed by atoms with Gasteiger partial charge in [0.15, 0.2) is 0 Å². The molecule has 100 valence electrons. The van der Waals surface area contributed by atoms with Gasteiger partial charge in [0.1, 0.15) is 12.1 Å². The van der Waals surface area contributed by atoms with E-state index in [4.69, 9.17) is 0 Å². The fourth-order valence-corrected chi connectivity index (χ4v) is 1.94. The van der Waals surface area contributed by atoms with Crippen molar-refractivity contribution in [3.63, 3.8) is 0 Å². The van der Waals surface area contributed by atoms with Gasteiger partial charge < -0.3 is 5.32 Å². The summed E-state index contributed by atoms with van der Waals surface area (Å²) in [6.45, 7) is 2.07. The van der Waals surface area contributed by atoms with Crippen LogP contribution < -0.4 is 5.32 Å². The number of anilines is 1. The van der Waals surface area contributed by atoms with E-state index >= 15 is 0 Å². The first kappa shape index (κ1) is 12.3. The molecule has 0 fully saturated rings. The Kier molecular flexibility index (Phi) is 3.36. The van der Waals surface area contributed by atoms with Crippen molar-refractivity contribution in [1.82, 2.24) is 25.1 Å². The number of hydrogen-bond donors (Lipinski definition) is 2. The van der Waals surface area contributed by atoms with Gasteiger partial charge in [-0.1, -0.05) is 0 Å². The van der Waals surface area contributed by atoms with Gasteiger partial charge in [-0.2, -0.15) is 5.10 Å². The van der Waals surface area contributed by atoms with E-state index in [9.17, 15) is 0 Å². The van der Waals surface area contributed by atoms with E-state index in [0.29, 0.717) is 0 Å². The molecular formula is C14H14N6. The summed E-state index contributed by atoms with van der Waals surface area (Å²) in [6.07, 6.45) is 10.5. The quantitative estimate of drug-likeness (QED) is 0.758. The highest BCUT2D eigenvalue weighted by molar-refractivity contribution is 5.61. The zero-order chi connectivity index (χ0) is 13.8. The summed E-state index contributed by atoms with van der Waals surface area (Å²) in [5, 5.41) is 10.1. The summed E-state index contributed by atoms with van der Waals surface area (Å²) in [5.41, 5.74) is 3.14. The van der Waals surface area contributed by atoms with Gasteiger partial charge in [-0.25, -0.2) is 9.97 Å². The van der Waals surface area contributed by atoms with Crippen LogP contribution in [0.3, 0.4) is 0 Å². The third-order valence-corrected chi connectivity index (χ3v) is 3.04. The van der Waals surface area contributed by atoms with Gasteiger partial charge in [0.05, 0.1) is 12.2 Å². The number of H-pyrrole nitrogens is 1. The topological polar surface area (TPSA) is 79.4 Å². The number of aromatic amines is 1. The van der Waals surface area contributed by atoms with Gasteiger partial charge in [0.25, 0.3) is 0 Å². The summed E-state index contributed by atoms with van der Waals surface area (Å²) < 4.78 is 0. The summed E-state index contributed by atoms with van der Waals surface area (Å²) in [5.74, 6) is 0.793. The first-order valence-electron chi connectivity index (χ1n) is 6.29. The van der Waals surface area contributed by atoms with Gasteiger partial charge in [-0.15, -0.1) is 0 Å². The van der Waals surface area contributed by atoms with Crippen molar-refractivity contribution in [2.24, 2.45) is 0 Å². The third-order valence-electron chi connectivity index (χ3n) is 3.04. The van der Waals surface area contributed by atoms with Gasteiger partial charge >= 0.3 is 0 Å². The minimum Gasteiger partial charge on any atom is -0.363 e. The van der Waals surface area contributed by atoms with Crippen molar-refractivity contribution in [3.05, 3.63) is 55.0 Å². The monoisotopic (exact) mass is 266 g/mol. The van der Waals surface area contributed by atoms with Crippen LogP contribution in [0.4, 0.5) is 5.82 Å². The van der Waals surface area contributed by atoms with Crippen molar-refractivity contribution >= 4 is 5.82 Å². The highest BCUT2D eigenvalue weighted by atomic mass is 15.1. The summed E-state index contributed by atoms with van der Waals surface area (Å²) in [4.78, 5) is 12.3. The van der Waals surface area contributed by atoms with Crippen molar-refractivity contribution in [2.75, 3.05) is 5.32 Å². The molecule has 0 unspecified atom stereocenters. The molecule has 3 heterocycles. The maximum Gasteiger partial charge on any atom is 0.129 e. The largest absolute Gasteiger partial charge is 0.363 e. The number of rotatable bonds is 4. The molecule has 0 bridgehead atoms. The highest BCUT2D eigenvalue weighted by Crippen LogP contribution is 2.22. The molecule has 3 aromatic heterocycles. The molecule has 3 aromatic rings. The van der Waals surface area contributed by atoms with Gasteiger partial charge in [-0.3, -0.25) is 10.1 Å². The highest BCUT2D eigenvalue weighted by Gasteiger charge is 2.08. The Morgan fingerprint density at radius 1 is 1.15 bits per heavy atom. The lowest BCUT2D eigenvalue weighted by molar-refractivity contribution is 0.864. The molecule has 6 nitrogen and oxygen atoms in total. The van der Waals surface area contributed by atoms with Gasteiger partial charge in [0.2, 0.25) is 0 Å². The zero-order valence-electron chi connectivity index (χ0n) is 11.0. The Labute approximate surface area is 116 Å². The number of hydrogen-bond acceptors (Lipinski definition) is 5. The molecule has 3 rings (SSSR count). The molecule has 0 aliphatic carbocycles. The van der Waals surface area contributed by atoms with Crippen LogP contribution in [0.1, 0.15) is 18.5 Å². The van der Waals surface area contributed by atoms with Crippen LogP contribution in [0, 0.1) is 0 Å². The average Bonchev–Trinajstić information content (AvgIpc) is 3.03. The lowest BCUT2D eigenvalue weighted by Gasteiger charge is -2.14. The maximum atomic E-state index is 4.29. The predicted octanol–water partition coefficient (Wildman–Crippen LogP) is 2.43. The molecule has 0 spiro atoms. The lowest BCUT2D eigenvalue weighted by Crippen LogP contribution is -2.08. The first-order chi connectivity index (χ1) is 9.83. The maximum absolute atomic E-state index is 4.29. The molecule has 0 saturated carbocycles. The SMILES string of the molecule is C[C@H](Nc1ccncn1)c1cncc(-c2cn[nH]c2)c1. The molecule has 0 aromatic carbocycles. The van der Waals surface area contributed by atoms with Gasteiger partial charge in [0, 0.05) is 35.9 Å². The van der Waals surface area contributed by atoms with E-state index in [1.807, 2.05) is 24.7 Å². The second-order valence-electron chi connectivity index (χ2n) is 4.45. The van der Waals surface area contributed by atoms with Crippen LogP contribution in [0.15, 0.2) is 49.4 Å². The van der Waals surface area contributed by atoms with E-state index in [2.05, 4.69) is 43.5 Å². The summed E-state index contributed by atoms with van der Waals surface area (Å²) in [6, 6.07) is 4.03. The Bertz CT molecular complexity index is 665. The smallest absolute Gasteiger partial charge is 0.129 e. The predicted molar refractivity (Wildman–Crippen MR) is 75.9 cm³/mol. The van der Waals surface area contributed by atoms with E-state index < -0.39 is 0 Å². The summed E-state index contributed by atoms with van der Waals surface area (Å²) in [7, 11) is 0. The van der Waals surface area contributed by atoms with E-state index in [1.165, 1.54) is 6.33 Å². The number of nitrogens with zero attached hydrogens (tertiary/aromatic N) is 4. The zero-order valence-corrected chi connectivity index (χ0v) is 11.0. The Morgan fingerprint density at radius 2 is 2.10 bits per heavy atom. The minimum absolute atomic E-state index is 0.101. The molecule has 1 atom stereocenters. The Hall–Kier alpha value is -2.76. The summed E-state index contributed by atoms with van der Waals surface area (Å²) >= 11 is 0. The van der Waals surface area contributed by atoms with E-state index in [-0.39, 0.29) is 6.04 Å². The van der Waals surface area contributed by atoms with Crippen LogP contribution in [0.25, 0.3) is 11.1 Å². The first-order valence-corrected chi connectivity index (χ1v) is 6.29. The normalized spacial score (nSPS) is 12.1. The molecule has 0 saturated heterocycles. The third kappa shape index (κ3) is 2.64. The van der Waals surface area contributed by atoms with Crippen LogP contribution in [-0.4, -0.2) is 25.1 Å². The van der Waals surface area contributed by atoms with Crippen LogP contribution >= 0.6 is 0 Å². The van der Waals surface area contributed by atoms with E-state index in [1.54, 1.807) is 12.4 Å². The molecule has 0 radical (unpaired) electrons. The minimum atomic E-state index is 0.101. The van der Waals surface area contributed by atoms with Crippen LogP contribution in [0.5, 0.6) is 0 Å². The molecular weight excluding hydrogens is 252 g/mol. The van der Waals surface area contributed by atoms with Crippen LogP contribution in [-0.2, 0) is 0 Å². The second-order valence-corrected chi connectivity index (χ2v) is 4.45. The molecule has 0 aliphatic rings. The second kappa shape index (κ2) is 5.48. The van der Waals surface area contributed by atoms with Crippen molar-refractivity contribution in [2.45, 2.75) is 13.0 Å². The standard InChI is InChI=1S/C14H14N6/c1-10(20-14-2-3-15-9-17-14)11-4-12(6-16-5-11)13-7-18-19-8-13/h2-10H,1H3,(H,18,19)(H,15,17,20)/t10-/m0/s1. The Morgan fingerprint density at radius 3 is 2.85 bits per heavy atom. The van der Waals surface area contributed by atoms with Gasteiger partial charge in [-0.05, 0) is 24.6 Å². The molecule has 0 amide bonds. The van der Waals surface area contributed by atoms with Crippen LogP contribution in [0.2, 0.25) is 0 Å². The number of pyridine rings is 1. The fraction of sp³-hybridized carbons (Fsp3) is 0.143. The molecule has 6 heteroatoms. The molecule has 0 aliphatic heterocycles. The fourth-order valence-electron chi connectivity index (χ4n) is 1.94. The molecule has 20 heavy (non-hydrogen) atoms. The van der Waals surface area contributed by atoms with Crippen molar-refractivity contribution < 1.29 is 0 Å². The molecule has 2 N–H and O–H groups in total.